The van der Waals surface area contributed by atoms with Gasteiger partial charge in [0, 0.05) is 32.2 Å². The maximum atomic E-state index is 12.5. The molecule has 0 radical (unpaired) electrons. The van der Waals surface area contributed by atoms with Crippen molar-refractivity contribution in [2.24, 2.45) is 0 Å². The summed E-state index contributed by atoms with van der Waals surface area (Å²) in [6, 6.07) is 3.66. The molecule has 2 rings (SSSR count). The molecule has 1 heterocycles. The summed E-state index contributed by atoms with van der Waals surface area (Å²) < 4.78 is 55.4. The van der Waals surface area contributed by atoms with E-state index in [2.05, 4.69) is 5.32 Å². The van der Waals surface area contributed by atoms with E-state index in [4.69, 9.17) is 4.55 Å². The molecule has 24 heavy (non-hydrogen) atoms. The van der Waals surface area contributed by atoms with Crippen LogP contribution in [0.1, 0.15) is 0 Å². The number of benzene rings is 1. The van der Waals surface area contributed by atoms with E-state index in [0.29, 0.717) is 26.2 Å². The lowest BCUT2D eigenvalue weighted by Crippen LogP contribution is -2.44. The van der Waals surface area contributed by atoms with E-state index in [-0.39, 0.29) is 16.3 Å². The predicted molar refractivity (Wildman–Crippen MR) is 86.6 cm³/mol. The standard InChI is InChI=1S/C12H17N3O7S2/c16-15(17)10-2-1-3-11(12(10)14-6-4-13-5-7-14)23(18,19)8-9-24(20,21)22/h1-3,13H,4-9H2,(H,20,21,22). The fourth-order valence-corrected chi connectivity index (χ4v) is 5.19. The van der Waals surface area contributed by atoms with Crippen LogP contribution in [0.2, 0.25) is 0 Å². The number of para-hydroxylation sites is 1. The number of hydrogen-bond acceptors (Lipinski definition) is 8. The Bertz CT molecular complexity index is 830. The van der Waals surface area contributed by atoms with Gasteiger partial charge in [0.15, 0.2) is 9.84 Å². The summed E-state index contributed by atoms with van der Waals surface area (Å²) in [6.45, 7) is 1.84. The molecule has 1 aliphatic rings. The van der Waals surface area contributed by atoms with Gasteiger partial charge < -0.3 is 10.2 Å². The molecule has 12 heteroatoms. The van der Waals surface area contributed by atoms with E-state index in [1.807, 2.05) is 0 Å². The fraction of sp³-hybridized carbons (Fsp3) is 0.500. The first-order chi connectivity index (χ1) is 11.1. The molecular formula is C12H17N3O7S2. The average Bonchev–Trinajstić information content (AvgIpc) is 2.52. The number of nitro benzene ring substituents is 1. The van der Waals surface area contributed by atoms with E-state index < -0.39 is 36.4 Å². The molecular weight excluding hydrogens is 362 g/mol. The highest BCUT2D eigenvalue weighted by atomic mass is 32.2. The molecule has 1 aromatic carbocycles. The molecule has 0 amide bonds. The number of nitrogens with zero attached hydrogens (tertiary/aromatic N) is 2. The van der Waals surface area contributed by atoms with Crippen LogP contribution < -0.4 is 10.2 Å². The zero-order valence-corrected chi connectivity index (χ0v) is 14.2. The highest BCUT2D eigenvalue weighted by Gasteiger charge is 2.31. The van der Waals surface area contributed by atoms with Crippen molar-refractivity contribution >= 4 is 31.3 Å². The summed E-state index contributed by atoms with van der Waals surface area (Å²) in [7, 11) is -8.60. The lowest BCUT2D eigenvalue weighted by atomic mass is 10.2. The summed E-state index contributed by atoms with van der Waals surface area (Å²) in [5, 5.41) is 14.4. The minimum Gasteiger partial charge on any atom is -0.362 e. The molecule has 2 N–H and O–H groups in total. The quantitative estimate of drug-likeness (QED) is 0.385. The highest BCUT2D eigenvalue weighted by molar-refractivity contribution is 7.93. The molecule has 134 valence electrons. The van der Waals surface area contributed by atoms with E-state index in [9.17, 15) is 26.9 Å². The second kappa shape index (κ2) is 7.01. The molecule has 0 saturated carbocycles. The Morgan fingerprint density at radius 3 is 2.33 bits per heavy atom. The van der Waals surface area contributed by atoms with Gasteiger partial charge in [0.2, 0.25) is 0 Å². The third kappa shape index (κ3) is 4.41. The zero-order chi connectivity index (χ0) is 18.0. The van der Waals surface area contributed by atoms with Gasteiger partial charge in [0.1, 0.15) is 5.69 Å². The summed E-state index contributed by atoms with van der Waals surface area (Å²) in [4.78, 5) is 11.9. The normalized spacial score (nSPS) is 16.1. The molecule has 0 bridgehead atoms. The topological polar surface area (TPSA) is 147 Å². The first kappa shape index (κ1) is 18.6. The lowest BCUT2D eigenvalue weighted by Gasteiger charge is -2.30. The number of hydrogen-bond donors (Lipinski definition) is 2. The average molecular weight is 379 g/mol. The van der Waals surface area contributed by atoms with Crippen molar-refractivity contribution in [3.8, 4) is 0 Å². The van der Waals surface area contributed by atoms with Crippen LogP contribution in [0.5, 0.6) is 0 Å². The third-order valence-electron chi connectivity index (χ3n) is 3.55. The van der Waals surface area contributed by atoms with Gasteiger partial charge in [-0.15, -0.1) is 0 Å². The van der Waals surface area contributed by atoms with Crippen LogP contribution >= 0.6 is 0 Å². The van der Waals surface area contributed by atoms with Crippen molar-refractivity contribution in [2.75, 3.05) is 42.6 Å². The van der Waals surface area contributed by atoms with Crippen molar-refractivity contribution in [3.05, 3.63) is 28.3 Å². The molecule has 0 aliphatic carbocycles. The Labute approximate surface area is 139 Å². The second-order valence-electron chi connectivity index (χ2n) is 5.22. The van der Waals surface area contributed by atoms with E-state index in [1.54, 1.807) is 4.90 Å². The van der Waals surface area contributed by atoms with Crippen molar-refractivity contribution in [1.29, 1.82) is 0 Å². The molecule has 0 atom stereocenters. The first-order valence-electron chi connectivity index (χ1n) is 7.03. The van der Waals surface area contributed by atoms with Gasteiger partial charge in [0.25, 0.3) is 15.8 Å². The van der Waals surface area contributed by atoms with Crippen LogP contribution in [0.15, 0.2) is 23.1 Å². The maximum Gasteiger partial charge on any atom is 0.293 e. The Hall–Kier alpha value is -1.76. The monoisotopic (exact) mass is 379 g/mol. The summed E-state index contributed by atoms with van der Waals surface area (Å²) >= 11 is 0. The SMILES string of the molecule is O=[N+]([O-])c1cccc(S(=O)(=O)CCS(=O)(=O)O)c1N1CCNCC1. The van der Waals surface area contributed by atoms with E-state index >= 15 is 0 Å². The molecule has 1 saturated heterocycles. The fourth-order valence-electron chi connectivity index (χ4n) is 2.44. The molecule has 10 nitrogen and oxygen atoms in total. The van der Waals surface area contributed by atoms with Gasteiger partial charge in [-0.05, 0) is 6.07 Å². The lowest BCUT2D eigenvalue weighted by molar-refractivity contribution is -0.384. The number of piperazine rings is 1. The molecule has 0 aromatic heterocycles. The number of sulfone groups is 1. The summed E-state index contributed by atoms with van der Waals surface area (Å²) in [5.41, 5.74) is -0.399. The van der Waals surface area contributed by atoms with Crippen LogP contribution in [0.25, 0.3) is 0 Å². The maximum absolute atomic E-state index is 12.5. The number of anilines is 1. The minimum absolute atomic E-state index is 0.0423. The highest BCUT2D eigenvalue weighted by Crippen LogP contribution is 2.35. The molecule has 0 unspecified atom stereocenters. The van der Waals surface area contributed by atoms with Crippen molar-refractivity contribution in [1.82, 2.24) is 5.32 Å². The largest absolute Gasteiger partial charge is 0.362 e. The van der Waals surface area contributed by atoms with Crippen molar-refractivity contribution in [3.63, 3.8) is 0 Å². The van der Waals surface area contributed by atoms with Crippen LogP contribution in [0, 0.1) is 10.1 Å². The Morgan fingerprint density at radius 1 is 1.17 bits per heavy atom. The number of nitro groups is 1. The van der Waals surface area contributed by atoms with Crippen LogP contribution in [-0.2, 0) is 20.0 Å². The summed E-state index contributed by atoms with van der Waals surface area (Å²) in [5.74, 6) is -1.83. The van der Waals surface area contributed by atoms with Gasteiger partial charge in [-0.25, -0.2) is 8.42 Å². The third-order valence-corrected chi connectivity index (χ3v) is 6.27. The zero-order valence-electron chi connectivity index (χ0n) is 12.6. The van der Waals surface area contributed by atoms with Gasteiger partial charge in [-0.2, -0.15) is 8.42 Å². The van der Waals surface area contributed by atoms with Crippen LogP contribution in [-0.4, -0.2) is 64.0 Å². The first-order valence-corrected chi connectivity index (χ1v) is 10.3. The van der Waals surface area contributed by atoms with Gasteiger partial charge in [-0.3, -0.25) is 14.7 Å². The van der Waals surface area contributed by atoms with E-state index in [1.165, 1.54) is 18.2 Å². The molecule has 1 aromatic rings. The predicted octanol–water partition coefficient (Wildman–Crippen LogP) is -0.334. The number of nitrogens with one attached hydrogen (secondary N) is 1. The Morgan fingerprint density at radius 2 is 1.79 bits per heavy atom. The van der Waals surface area contributed by atoms with Crippen LogP contribution in [0.3, 0.4) is 0 Å². The van der Waals surface area contributed by atoms with Crippen molar-refractivity contribution < 1.29 is 26.3 Å². The van der Waals surface area contributed by atoms with Gasteiger partial charge in [-0.1, -0.05) is 6.07 Å². The molecule has 1 aliphatic heterocycles. The molecule has 1 fully saturated rings. The van der Waals surface area contributed by atoms with Gasteiger partial charge in [0.05, 0.1) is 21.3 Å². The van der Waals surface area contributed by atoms with Crippen molar-refractivity contribution in [2.45, 2.75) is 4.90 Å². The van der Waals surface area contributed by atoms with Crippen LogP contribution in [0.4, 0.5) is 11.4 Å². The minimum atomic E-state index is -4.47. The molecule has 0 spiro atoms. The number of rotatable bonds is 6. The second-order valence-corrected chi connectivity index (χ2v) is 8.87. The van der Waals surface area contributed by atoms with E-state index in [0.717, 1.165) is 0 Å². The Balaban J connectivity index is 2.52. The Kier molecular flexibility index (Phi) is 5.42. The van der Waals surface area contributed by atoms with Gasteiger partial charge >= 0.3 is 0 Å². The smallest absolute Gasteiger partial charge is 0.293 e. The summed E-state index contributed by atoms with van der Waals surface area (Å²) in [6.07, 6.45) is 0.